The lowest BCUT2D eigenvalue weighted by atomic mass is 11.3. The van der Waals surface area contributed by atoms with Gasteiger partial charge in [-0.05, 0) is 0 Å². The second kappa shape index (κ2) is 1.03. The minimum atomic E-state index is 0.292. The van der Waals surface area contributed by atoms with E-state index in [2.05, 4.69) is 21.2 Å². The quantitative estimate of drug-likeness (QED) is 0.371. The van der Waals surface area contributed by atoms with Crippen LogP contribution in [0.2, 0.25) is 0 Å². The van der Waals surface area contributed by atoms with Crippen molar-refractivity contribution in [2.75, 3.05) is 6.73 Å². The van der Waals surface area contributed by atoms with Crippen LogP contribution in [0.3, 0.4) is 0 Å². The van der Waals surface area contributed by atoms with Crippen LogP contribution >= 0.6 is 0 Å². The van der Waals surface area contributed by atoms with Gasteiger partial charge >= 0.3 is 6.40 Å². The molecule has 0 unspecified atom stereocenters. The standard InChI is InChI=1S/C2H2NO2/c1-3-2-5-4-1/h1H2. The van der Waals surface area contributed by atoms with E-state index in [0.717, 1.165) is 0 Å². The SMILES string of the molecule is [C]1=NCOO1. The lowest BCUT2D eigenvalue weighted by molar-refractivity contribution is -0.194. The van der Waals surface area contributed by atoms with E-state index in [1.807, 2.05) is 0 Å². The van der Waals surface area contributed by atoms with E-state index >= 15 is 0 Å². The minimum Gasteiger partial charge on any atom is -0.309 e. The molecule has 0 aromatic rings. The van der Waals surface area contributed by atoms with E-state index in [1.54, 1.807) is 0 Å². The number of aliphatic imine (C=N–C) groups is 1. The van der Waals surface area contributed by atoms with Gasteiger partial charge in [0.15, 0.2) is 6.73 Å². The van der Waals surface area contributed by atoms with Gasteiger partial charge in [0.25, 0.3) is 0 Å². The Kier molecular flexibility index (Phi) is 0.548. The van der Waals surface area contributed by atoms with Crippen LogP contribution in [-0.4, -0.2) is 13.1 Å². The van der Waals surface area contributed by atoms with Crippen molar-refractivity contribution in [1.82, 2.24) is 0 Å². The Morgan fingerprint density at radius 3 is 3.00 bits per heavy atom. The van der Waals surface area contributed by atoms with E-state index in [9.17, 15) is 0 Å². The van der Waals surface area contributed by atoms with Crippen molar-refractivity contribution in [3.05, 3.63) is 0 Å². The molecule has 0 atom stereocenters. The van der Waals surface area contributed by atoms with Crippen molar-refractivity contribution in [2.24, 2.45) is 4.99 Å². The Morgan fingerprint density at radius 2 is 2.80 bits per heavy atom. The molecule has 0 amide bonds. The summed E-state index contributed by atoms with van der Waals surface area (Å²) in [5.74, 6) is 0. The molecule has 0 N–H and O–H groups in total. The molecule has 0 aromatic carbocycles. The number of nitrogens with zero attached hydrogens (tertiary/aromatic N) is 1. The fourth-order valence-electron chi connectivity index (χ4n) is 0.132. The van der Waals surface area contributed by atoms with E-state index < -0.39 is 0 Å². The van der Waals surface area contributed by atoms with Crippen LogP contribution < -0.4 is 0 Å². The molecule has 1 aliphatic rings. The summed E-state index contributed by atoms with van der Waals surface area (Å²) in [6, 6.07) is 0. The Morgan fingerprint density at radius 1 is 1.80 bits per heavy atom. The van der Waals surface area contributed by atoms with Crippen LogP contribution in [0.5, 0.6) is 0 Å². The molecule has 1 heterocycles. The fourth-order valence-corrected chi connectivity index (χ4v) is 0.132. The largest absolute Gasteiger partial charge is 0.320 e. The summed E-state index contributed by atoms with van der Waals surface area (Å²) in [7, 11) is 0. The first kappa shape index (κ1) is 2.66. The first-order chi connectivity index (χ1) is 2.50. The van der Waals surface area contributed by atoms with Gasteiger partial charge in [0.1, 0.15) is 0 Å². The summed E-state index contributed by atoms with van der Waals surface area (Å²) >= 11 is 0. The van der Waals surface area contributed by atoms with Crippen LogP contribution in [0.1, 0.15) is 0 Å². The molecule has 5 heavy (non-hydrogen) atoms. The van der Waals surface area contributed by atoms with Gasteiger partial charge in [-0.1, -0.05) is 0 Å². The number of rotatable bonds is 0. The van der Waals surface area contributed by atoms with Crippen LogP contribution in [0, 0.1) is 0 Å². The molecule has 0 saturated carbocycles. The topological polar surface area (TPSA) is 30.8 Å². The Hall–Kier alpha value is -0.570. The van der Waals surface area contributed by atoms with Crippen molar-refractivity contribution >= 4 is 6.40 Å². The predicted octanol–water partition coefficient (Wildman–Crippen LogP) is -0.189. The summed E-state index contributed by atoms with van der Waals surface area (Å²) in [5.41, 5.74) is 0. The van der Waals surface area contributed by atoms with Crippen LogP contribution in [0.25, 0.3) is 0 Å². The molecule has 1 rings (SSSR count). The molecule has 0 spiro atoms. The average molecular weight is 72.0 g/mol. The van der Waals surface area contributed by atoms with E-state index in [-0.39, 0.29) is 0 Å². The highest BCUT2D eigenvalue weighted by Crippen LogP contribution is 1.81. The first-order valence-electron chi connectivity index (χ1n) is 1.20. The Bertz CT molecular complexity index is 45.6. The van der Waals surface area contributed by atoms with Crippen LogP contribution in [-0.2, 0) is 9.78 Å². The highest BCUT2D eigenvalue weighted by Gasteiger charge is 1.87. The van der Waals surface area contributed by atoms with Crippen molar-refractivity contribution < 1.29 is 9.78 Å². The van der Waals surface area contributed by atoms with Crippen molar-refractivity contribution in [1.29, 1.82) is 0 Å². The number of hydrogen-bond acceptors (Lipinski definition) is 3. The van der Waals surface area contributed by atoms with Crippen LogP contribution in [0.15, 0.2) is 4.99 Å². The van der Waals surface area contributed by atoms with Gasteiger partial charge in [0, 0.05) is 0 Å². The molecular formula is C2H2NO2. The molecule has 27 valence electrons. The van der Waals surface area contributed by atoms with Gasteiger partial charge in [-0.15, -0.1) is 0 Å². The third-order valence-corrected chi connectivity index (χ3v) is 0.278. The molecule has 1 aliphatic heterocycles. The summed E-state index contributed by atoms with van der Waals surface area (Å²) in [6.07, 6.45) is 2.12. The molecule has 3 nitrogen and oxygen atoms in total. The molecule has 0 fully saturated rings. The first-order valence-corrected chi connectivity index (χ1v) is 1.20. The summed E-state index contributed by atoms with van der Waals surface area (Å²) in [6.45, 7) is 0.292. The Balaban J connectivity index is 2.32. The normalized spacial score (nSPS) is 19.2. The maximum Gasteiger partial charge on any atom is 0.320 e. The molecular weight excluding hydrogens is 70.0 g/mol. The molecule has 3 heteroatoms. The lowest BCUT2D eigenvalue weighted by Crippen LogP contribution is -1.75. The summed E-state index contributed by atoms with van der Waals surface area (Å²) in [4.78, 5) is 11.6. The Labute approximate surface area is 29.2 Å². The van der Waals surface area contributed by atoms with Gasteiger partial charge in [-0.2, -0.15) is 4.89 Å². The summed E-state index contributed by atoms with van der Waals surface area (Å²) < 4.78 is 0. The smallest absolute Gasteiger partial charge is 0.309 e. The summed E-state index contributed by atoms with van der Waals surface area (Å²) in [5, 5.41) is 0. The predicted molar refractivity (Wildman–Crippen MR) is 14.5 cm³/mol. The van der Waals surface area contributed by atoms with Gasteiger partial charge in [-0.25, -0.2) is 4.99 Å². The maximum absolute atomic E-state index is 4.17. The maximum atomic E-state index is 4.17. The monoisotopic (exact) mass is 72.0 g/mol. The average Bonchev–Trinajstić information content (AvgIpc) is 1.76. The zero-order valence-corrected chi connectivity index (χ0v) is 2.47. The second-order valence-corrected chi connectivity index (χ2v) is 0.580. The number of hydrogen-bond donors (Lipinski definition) is 0. The van der Waals surface area contributed by atoms with E-state index in [0.29, 0.717) is 6.73 Å². The second-order valence-electron chi connectivity index (χ2n) is 0.580. The van der Waals surface area contributed by atoms with E-state index in [1.165, 1.54) is 0 Å². The molecule has 0 aromatic heterocycles. The van der Waals surface area contributed by atoms with Gasteiger partial charge in [0.05, 0.1) is 0 Å². The van der Waals surface area contributed by atoms with Gasteiger partial charge in [0.2, 0.25) is 0 Å². The minimum absolute atomic E-state index is 0.292. The highest BCUT2D eigenvalue weighted by atomic mass is 17.2. The lowest BCUT2D eigenvalue weighted by Gasteiger charge is -1.75. The van der Waals surface area contributed by atoms with Gasteiger partial charge in [-0.3, -0.25) is 0 Å². The zero-order chi connectivity index (χ0) is 3.54. The van der Waals surface area contributed by atoms with Crippen molar-refractivity contribution in [3.8, 4) is 0 Å². The fraction of sp³-hybridized carbons (Fsp3) is 0.500. The van der Waals surface area contributed by atoms with Gasteiger partial charge < -0.3 is 4.89 Å². The molecule has 1 radical (unpaired) electrons. The highest BCUT2D eigenvalue weighted by molar-refractivity contribution is 5.45. The molecule has 0 bridgehead atoms. The zero-order valence-electron chi connectivity index (χ0n) is 2.47. The van der Waals surface area contributed by atoms with Crippen LogP contribution in [0.4, 0.5) is 0 Å². The molecule has 0 saturated heterocycles. The molecule has 0 aliphatic carbocycles. The van der Waals surface area contributed by atoms with E-state index in [4.69, 9.17) is 0 Å². The third-order valence-electron chi connectivity index (χ3n) is 0.278. The van der Waals surface area contributed by atoms with Crippen molar-refractivity contribution in [2.45, 2.75) is 0 Å². The third kappa shape index (κ3) is 0.357. The van der Waals surface area contributed by atoms with Crippen molar-refractivity contribution in [3.63, 3.8) is 0 Å².